The van der Waals surface area contributed by atoms with Crippen molar-refractivity contribution in [2.24, 2.45) is 0 Å². The molecule has 0 fully saturated rings. The van der Waals surface area contributed by atoms with E-state index in [0.717, 1.165) is 5.56 Å². The number of nitrogens with one attached hydrogen (secondary N) is 2. The van der Waals surface area contributed by atoms with Gasteiger partial charge in [0.05, 0.1) is 25.3 Å². The largest absolute Gasteiger partial charge is 0.497 e. The molecule has 1 unspecified atom stereocenters. The first-order valence-electron chi connectivity index (χ1n) is 7.22. The van der Waals surface area contributed by atoms with Crippen molar-refractivity contribution in [2.45, 2.75) is 26.3 Å². The lowest BCUT2D eigenvalue weighted by atomic mass is 9.94. The predicted octanol–water partition coefficient (Wildman–Crippen LogP) is 2.28. The van der Waals surface area contributed by atoms with E-state index in [-0.39, 0.29) is 12.6 Å². The quantitative estimate of drug-likeness (QED) is 0.818. The SMILES string of the molecule is CCOC(=O)C1=C(CC)NC(=O)NC1c1ccc(OC)cc1. The highest BCUT2D eigenvalue weighted by atomic mass is 16.5. The Hall–Kier alpha value is -2.50. The van der Waals surface area contributed by atoms with Crippen molar-refractivity contribution in [3.63, 3.8) is 0 Å². The van der Waals surface area contributed by atoms with Crippen molar-refractivity contribution in [3.05, 3.63) is 41.1 Å². The molecule has 0 spiro atoms. The highest BCUT2D eigenvalue weighted by Gasteiger charge is 2.32. The minimum atomic E-state index is -0.534. The molecule has 0 bridgehead atoms. The number of urea groups is 1. The third-order valence-corrected chi connectivity index (χ3v) is 3.45. The standard InChI is InChI=1S/C16H20N2O4/c1-4-12-13(15(19)22-5-2)14(18-16(20)17-12)10-6-8-11(21-3)9-7-10/h6-9,14H,4-5H2,1-3H3,(H2,17,18,20). The van der Waals surface area contributed by atoms with Crippen molar-refractivity contribution in [1.29, 1.82) is 0 Å². The Kier molecular flexibility index (Phi) is 5.04. The third kappa shape index (κ3) is 3.21. The highest BCUT2D eigenvalue weighted by molar-refractivity contribution is 5.95. The lowest BCUT2D eigenvalue weighted by Crippen LogP contribution is -2.45. The van der Waals surface area contributed by atoms with Crippen LogP contribution >= 0.6 is 0 Å². The smallest absolute Gasteiger partial charge is 0.338 e. The molecular weight excluding hydrogens is 284 g/mol. The van der Waals surface area contributed by atoms with Crippen LogP contribution in [0, 0.1) is 0 Å². The van der Waals surface area contributed by atoms with E-state index in [1.807, 2.05) is 19.1 Å². The first-order chi connectivity index (χ1) is 10.6. The molecule has 0 radical (unpaired) electrons. The topological polar surface area (TPSA) is 76.7 Å². The van der Waals surface area contributed by atoms with Crippen molar-refractivity contribution >= 4 is 12.0 Å². The van der Waals surface area contributed by atoms with Gasteiger partial charge in [0.25, 0.3) is 0 Å². The van der Waals surface area contributed by atoms with Gasteiger partial charge < -0.3 is 20.1 Å². The van der Waals surface area contributed by atoms with Gasteiger partial charge in [-0.05, 0) is 31.0 Å². The van der Waals surface area contributed by atoms with E-state index in [4.69, 9.17) is 9.47 Å². The fourth-order valence-corrected chi connectivity index (χ4v) is 2.39. The van der Waals surface area contributed by atoms with Crippen LogP contribution in [0.25, 0.3) is 0 Å². The van der Waals surface area contributed by atoms with Gasteiger partial charge in [0.2, 0.25) is 0 Å². The summed E-state index contributed by atoms with van der Waals surface area (Å²) in [5.41, 5.74) is 1.82. The van der Waals surface area contributed by atoms with Crippen LogP contribution in [-0.4, -0.2) is 25.7 Å². The summed E-state index contributed by atoms with van der Waals surface area (Å²) >= 11 is 0. The molecule has 1 aliphatic rings. The van der Waals surface area contributed by atoms with E-state index in [2.05, 4.69) is 10.6 Å². The van der Waals surface area contributed by atoms with Gasteiger partial charge in [-0.1, -0.05) is 19.1 Å². The fourth-order valence-electron chi connectivity index (χ4n) is 2.39. The monoisotopic (exact) mass is 304 g/mol. The maximum Gasteiger partial charge on any atom is 0.338 e. The Balaban J connectivity index is 2.44. The summed E-state index contributed by atoms with van der Waals surface area (Å²) in [7, 11) is 1.58. The molecule has 2 N–H and O–H groups in total. The second kappa shape index (κ2) is 6.98. The molecule has 22 heavy (non-hydrogen) atoms. The van der Waals surface area contributed by atoms with Crippen molar-refractivity contribution < 1.29 is 19.1 Å². The van der Waals surface area contributed by atoms with Crippen molar-refractivity contribution in [2.75, 3.05) is 13.7 Å². The molecule has 6 heteroatoms. The molecular formula is C16H20N2O4. The zero-order chi connectivity index (χ0) is 16.1. The van der Waals surface area contributed by atoms with Gasteiger partial charge in [-0.2, -0.15) is 0 Å². The summed E-state index contributed by atoms with van der Waals surface area (Å²) in [6.45, 7) is 3.91. The number of rotatable bonds is 5. The second-order valence-electron chi connectivity index (χ2n) is 4.77. The van der Waals surface area contributed by atoms with Crippen LogP contribution in [0.4, 0.5) is 4.79 Å². The van der Waals surface area contributed by atoms with E-state index < -0.39 is 12.0 Å². The molecule has 0 aliphatic carbocycles. The zero-order valence-electron chi connectivity index (χ0n) is 12.9. The Morgan fingerprint density at radius 3 is 2.45 bits per heavy atom. The first-order valence-corrected chi connectivity index (χ1v) is 7.22. The van der Waals surface area contributed by atoms with E-state index in [1.54, 1.807) is 26.2 Å². The Bertz CT molecular complexity index is 593. The number of hydrogen-bond acceptors (Lipinski definition) is 4. The Labute approximate surface area is 129 Å². The molecule has 118 valence electrons. The molecule has 0 saturated carbocycles. The van der Waals surface area contributed by atoms with E-state index in [0.29, 0.717) is 23.4 Å². The molecule has 0 saturated heterocycles. The van der Waals surface area contributed by atoms with Gasteiger partial charge in [-0.15, -0.1) is 0 Å². The molecule has 1 aliphatic heterocycles. The van der Waals surface area contributed by atoms with Crippen LogP contribution in [0.3, 0.4) is 0 Å². The number of allylic oxidation sites excluding steroid dienone is 1. The number of benzene rings is 1. The summed E-state index contributed by atoms with van der Waals surface area (Å²) in [6.07, 6.45) is 0.536. The molecule has 1 atom stereocenters. The predicted molar refractivity (Wildman–Crippen MR) is 81.4 cm³/mol. The molecule has 1 aromatic rings. The second-order valence-corrected chi connectivity index (χ2v) is 4.77. The minimum absolute atomic E-state index is 0.280. The van der Waals surface area contributed by atoms with Crippen LogP contribution in [0.1, 0.15) is 31.9 Å². The summed E-state index contributed by atoms with van der Waals surface area (Å²) in [5.74, 6) is 0.286. The van der Waals surface area contributed by atoms with Gasteiger partial charge in [0.15, 0.2) is 0 Å². The van der Waals surface area contributed by atoms with Crippen molar-refractivity contribution in [3.8, 4) is 5.75 Å². The fraction of sp³-hybridized carbons (Fsp3) is 0.375. The average molecular weight is 304 g/mol. The van der Waals surface area contributed by atoms with E-state index >= 15 is 0 Å². The van der Waals surface area contributed by atoms with Gasteiger partial charge in [-0.25, -0.2) is 9.59 Å². The number of ether oxygens (including phenoxy) is 2. The van der Waals surface area contributed by atoms with Crippen LogP contribution in [0.5, 0.6) is 5.75 Å². The van der Waals surface area contributed by atoms with Crippen molar-refractivity contribution in [1.82, 2.24) is 10.6 Å². The number of hydrogen-bond donors (Lipinski definition) is 2. The molecule has 1 aromatic carbocycles. The minimum Gasteiger partial charge on any atom is -0.497 e. The summed E-state index contributed by atoms with van der Waals surface area (Å²) in [5, 5.41) is 5.46. The molecule has 2 rings (SSSR count). The van der Waals surface area contributed by atoms with E-state index in [9.17, 15) is 9.59 Å². The molecule has 1 heterocycles. The number of carbonyl (C=O) groups excluding carboxylic acids is 2. The Morgan fingerprint density at radius 2 is 1.91 bits per heavy atom. The van der Waals surface area contributed by atoms with Gasteiger partial charge in [0, 0.05) is 5.70 Å². The summed E-state index contributed by atoms with van der Waals surface area (Å²) in [4.78, 5) is 24.1. The van der Waals surface area contributed by atoms with Crippen LogP contribution < -0.4 is 15.4 Å². The molecule has 0 aromatic heterocycles. The summed E-state index contributed by atoms with van der Waals surface area (Å²) in [6, 6.07) is 6.36. The molecule has 2 amide bonds. The molecule has 6 nitrogen and oxygen atoms in total. The number of carbonyl (C=O) groups is 2. The normalized spacial score (nSPS) is 17.6. The van der Waals surface area contributed by atoms with Crippen LogP contribution in [0.2, 0.25) is 0 Å². The third-order valence-electron chi connectivity index (χ3n) is 3.45. The first kappa shape index (κ1) is 15.9. The van der Waals surface area contributed by atoms with Crippen LogP contribution in [-0.2, 0) is 9.53 Å². The maximum absolute atomic E-state index is 12.3. The van der Waals surface area contributed by atoms with E-state index in [1.165, 1.54) is 0 Å². The average Bonchev–Trinajstić information content (AvgIpc) is 2.54. The number of methoxy groups -OCH3 is 1. The van der Waals surface area contributed by atoms with Crippen LogP contribution in [0.15, 0.2) is 35.5 Å². The summed E-state index contributed by atoms with van der Waals surface area (Å²) < 4.78 is 10.3. The Morgan fingerprint density at radius 1 is 1.23 bits per heavy atom. The zero-order valence-corrected chi connectivity index (χ0v) is 12.9. The lowest BCUT2D eigenvalue weighted by Gasteiger charge is -2.29. The maximum atomic E-state index is 12.3. The number of amides is 2. The lowest BCUT2D eigenvalue weighted by molar-refractivity contribution is -0.139. The van der Waals surface area contributed by atoms with Gasteiger partial charge in [0.1, 0.15) is 5.75 Å². The highest BCUT2D eigenvalue weighted by Crippen LogP contribution is 2.29. The van der Waals surface area contributed by atoms with Gasteiger partial charge >= 0.3 is 12.0 Å². The number of esters is 1. The van der Waals surface area contributed by atoms with Gasteiger partial charge in [-0.3, -0.25) is 0 Å².